The predicted octanol–water partition coefficient (Wildman–Crippen LogP) is 6.89. The SMILES string of the molecule is CCCCC[C@H]1CCCCCCc2cc1c(C=C1N=C(c3ccc[nH]3)C=C1OC)[nH]2. The molecule has 0 saturated heterocycles. The second kappa shape index (κ2) is 10.0. The van der Waals surface area contributed by atoms with Gasteiger partial charge in [0.2, 0.25) is 0 Å². The van der Waals surface area contributed by atoms with Crippen LogP contribution in [0.15, 0.2) is 46.9 Å². The lowest BCUT2D eigenvalue weighted by atomic mass is 9.87. The van der Waals surface area contributed by atoms with Crippen molar-refractivity contribution in [2.24, 2.45) is 4.99 Å². The maximum Gasteiger partial charge on any atom is 0.146 e. The van der Waals surface area contributed by atoms with Gasteiger partial charge in [-0.05, 0) is 61.4 Å². The van der Waals surface area contributed by atoms with E-state index in [1.807, 2.05) is 24.4 Å². The van der Waals surface area contributed by atoms with Gasteiger partial charge in [0.25, 0.3) is 0 Å². The van der Waals surface area contributed by atoms with Gasteiger partial charge in [-0.15, -0.1) is 0 Å². The van der Waals surface area contributed by atoms with Crippen LogP contribution >= 0.6 is 0 Å². The number of methoxy groups -OCH3 is 1. The number of aromatic amines is 2. The lowest BCUT2D eigenvalue weighted by Crippen LogP contribution is -2.01. The summed E-state index contributed by atoms with van der Waals surface area (Å²) in [4.78, 5) is 11.9. The number of unbranched alkanes of at least 4 members (excludes halogenated alkanes) is 2. The lowest BCUT2D eigenvalue weighted by Gasteiger charge is -2.18. The van der Waals surface area contributed by atoms with Crippen molar-refractivity contribution in [2.45, 2.75) is 77.0 Å². The number of hydrogen-bond acceptors (Lipinski definition) is 2. The normalized spacial score (nSPS) is 20.9. The average molecular weight is 406 g/mol. The summed E-state index contributed by atoms with van der Waals surface area (Å²) in [5, 5.41) is 0. The van der Waals surface area contributed by atoms with Gasteiger partial charge in [-0.2, -0.15) is 0 Å². The summed E-state index contributed by atoms with van der Waals surface area (Å²) in [6.07, 6.45) is 19.1. The van der Waals surface area contributed by atoms with Crippen molar-refractivity contribution in [2.75, 3.05) is 7.11 Å². The van der Waals surface area contributed by atoms with E-state index in [-0.39, 0.29) is 0 Å². The zero-order chi connectivity index (χ0) is 20.8. The third-order valence-corrected chi connectivity index (χ3v) is 6.42. The number of aliphatic imine (C=N–C) groups is 1. The number of nitrogens with zero attached hydrogens (tertiary/aromatic N) is 1. The molecule has 2 N–H and O–H groups in total. The first kappa shape index (κ1) is 20.8. The van der Waals surface area contributed by atoms with Crippen molar-refractivity contribution in [1.82, 2.24) is 9.97 Å². The number of H-pyrrole nitrogens is 2. The Balaban J connectivity index is 1.67. The predicted molar refractivity (Wildman–Crippen MR) is 125 cm³/mol. The van der Waals surface area contributed by atoms with E-state index in [0.29, 0.717) is 5.92 Å². The first-order valence-electron chi connectivity index (χ1n) is 11.7. The van der Waals surface area contributed by atoms with Crippen molar-refractivity contribution in [3.05, 3.63) is 64.6 Å². The highest BCUT2D eigenvalue weighted by Crippen LogP contribution is 2.35. The summed E-state index contributed by atoms with van der Waals surface area (Å²) in [5.41, 5.74) is 6.92. The second-order valence-electron chi connectivity index (χ2n) is 8.63. The number of rotatable bonds is 7. The van der Waals surface area contributed by atoms with E-state index >= 15 is 0 Å². The summed E-state index contributed by atoms with van der Waals surface area (Å²) in [5.74, 6) is 1.46. The van der Waals surface area contributed by atoms with E-state index in [2.05, 4.69) is 29.0 Å². The van der Waals surface area contributed by atoms with Crippen molar-refractivity contribution in [1.29, 1.82) is 0 Å². The molecule has 0 unspecified atom stereocenters. The minimum atomic E-state index is 0.634. The van der Waals surface area contributed by atoms with Gasteiger partial charge in [-0.3, -0.25) is 0 Å². The number of fused-ring (bicyclic) bond motifs is 2. The Labute approximate surface area is 180 Å². The standard InChI is InChI=1S/C26H35N3O/c1-3-4-7-11-19-12-8-5-6-9-13-20-16-21(19)23(28-20)17-25-26(30-2)18-24(29-25)22-14-10-15-27-22/h10,14-19,27-28H,3-9,11-13H2,1-2H3/t19-/m0/s1. The molecule has 2 aromatic heterocycles. The number of aryl methyl sites for hydroxylation is 1. The molecule has 2 aromatic rings. The third-order valence-electron chi connectivity index (χ3n) is 6.42. The third kappa shape index (κ3) is 4.80. The fourth-order valence-electron chi connectivity index (χ4n) is 4.74. The van der Waals surface area contributed by atoms with Gasteiger partial charge in [0.1, 0.15) is 11.5 Å². The highest BCUT2D eigenvalue weighted by atomic mass is 16.5. The van der Waals surface area contributed by atoms with E-state index < -0.39 is 0 Å². The molecule has 2 bridgehead atoms. The Morgan fingerprint density at radius 3 is 2.90 bits per heavy atom. The number of nitrogens with one attached hydrogen (secondary N) is 2. The molecule has 0 aromatic carbocycles. The molecule has 30 heavy (non-hydrogen) atoms. The van der Waals surface area contributed by atoms with E-state index in [1.54, 1.807) is 7.11 Å². The van der Waals surface area contributed by atoms with Crippen LogP contribution in [0.4, 0.5) is 0 Å². The molecule has 0 radical (unpaired) electrons. The molecule has 2 aliphatic rings. The maximum absolute atomic E-state index is 5.67. The van der Waals surface area contributed by atoms with Gasteiger partial charge >= 0.3 is 0 Å². The molecule has 4 heteroatoms. The molecular weight excluding hydrogens is 370 g/mol. The number of hydrogen-bond donors (Lipinski definition) is 2. The average Bonchev–Trinajstić information content (AvgIpc) is 3.49. The first-order chi connectivity index (χ1) is 14.8. The molecule has 1 aliphatic heterocycles. The Hall–Kier alpha value is -2.49. The largest absolute Gasteiger partial charge is 0.494 e. The van der Waals surface area contributed by atoms with Crippen LogP contribution in [0.2, 0.25) is 0 Å². The summed E-state index contributed by atoms with van der Waals surface area (Å²) in [6, 6.07) is 6.48. The molecule has 0 saturated carbocycles. The quantitative estimate of drug-likeness (QED) is 0.484. The number of aromatic nitrogens is 2. The monoisotopic (exact) mass is 405 g/mol. The highest BCUT2D eigenvalue weighted by molar-refractivity contribution is 6.11. The van der Waals surface area contributed by atoms with Crippen LogP contribution in [0, 0.1) is 0 Å². The van der Waals surface area contributed by atoms with Crippen LogP contribution in [0.1, 0.15) is 93.3 Å². The summed E-state index contributed by atoms with van der Waals surface area (Å²) >= 11 is 0. The van der Waals surface area contributed by atoms with Crippen molar-refractivity contribution < 1.29 is 4.74 Å². The number of ether oxygens (including phenoxy) is 1. The van der Waals surface area contributed by atoms with Gasteiger partial charge in [-0.1, -0.05) is 45.4 Å². The van der Waals surface area contributed by atoms with Crippen LogP contribution in [0.3, 0.4) is 0 Å². The van der Waals surface area contributed by atoms with Crippen LogP contribution in [-0.4, -0.2) is 22.8 Å². The van der Waals surface area contributed by atoms with Crippen LogP contribution < -0.4 is 0 Å². The minimum absolute atomic E-state index is 0.634. The van der Waals surface area contributed by atoms with E-state index in [1.165, 1.54) is 74.7 Å². The van der Waals surface area contributed by atoms with Crippen molar-refractivity contribution >= 4 is 11.8 Å². The summed E-state index contributed by atoms with van der Waals surface area (Å²) < 4.78 is 5.67. The minimum Gasteiger partial charge on any atom is -0.494 e. The summed E-state index contributed by atoms with van der Waals surface area (Å²) in [6.45, 7) is 2.29. The zero-order valence-electron chi connectivity index (χ0n) is 18.5. The first-order valence-corrected chi connectivity index (χ1v) is 11.7. The fraction of sp³-hybridized carbons (Fsp3) is 0.500. The molecule has 0 spiro atoms. The molecule has 0 fully saturated rings. The highest BCUT2D eigenvalue weighted by Gasteiger charge is 2.21. The van der Waals surface area contributed by atoms with Gasteiger partial charge in [-0.25, -0.2) is 4.99 Å². The number of allylic oxidation sites excluding steroid dienone is 1. The molecular formula is C26H35N3O. The topological polar surface area (TPSA) is 53.2 Å². The Morgan fingerprint density at radius 2 is 2.10 bits per heavy atom. The fourth-order valence-corrected chi connectivity index (χ4v) is 4.74. The molecule has 3 heterocycles. The Kier molecular flexibility index (Phi) is 6.93. The lowest BCUT2D eigenvalue weighted by molar-refractivity contribution is 0.303. The van der Waals surface area contributed by atoms with Gasteiger partial charge < -0.3 is 14.7 Å². The molecule has 4 rings (SSSR count). The smallest absolute Gasteiger partial charge is 0.146 e. The van der Waals surface area contributed by atoms with Crippen LogP contribution in [0.25, 0.3) is 6.08 Å². The van der Waals surface area contributed by atoms with E-state index in [4.69, 9.17) is 9.73 Å². The Morgan fingerprint density at radius 1 is 1.20 bits per heavy atom. The Bertz CT molecular complexity index is 914. The van der Waals surface area contributed by atoms with Gasteiger partial charge in [0.15, 0.2) is 0 Å². The van der Waals surface area contributed by atoms with Gasteiger partial charge in [0.05, 0.1) is 18.5 Å². The molecule has 0 amide bonds. The molecule has 1 atom stereocenters. The van der Waals surface area contributed by atoms with Crippen LogP contribution in [-0.2, 0) is 11.2 Å². The molecule has 160 valence electrons. The van der Waals surface area contributed by atoms with Crippen molar-refractivity contribution in [3.63, 3.8) is 0 Å². The van der Waals surface area contributed by atoms with Gasteiger partial charge in [0, 0.05) is 23.7 Å². The second-order valence-corrected chi connectivity index (χ2v) is 8.63. The summed E-state index contributed by atoms with van der Waals surface area (Å²) in [7, 11) is 1.73. The van der Waals surface area contributed by atoms with Crippen molar-refractivity contribution in [3.8, 4) is 0 Å². The van der Waals surface area contributed by atoms with Crippen LogP contribution in [0.5, 0.6) is 0 Å². The molecule has 1 aliphatic carbocycles. The maximum atomic E-state index is 5.67. The molecule has 4 nitrogen and oxygen atoms in total. The zero-order valence-corrected chi connectivity index (χ0v) is 18.5. The van der Waals surface area contributed by atoms with E-state index in [9.17, 15) is 0 Å². The van der Waals surface area contributed by atoms with E-state index in [0.717, 1.165) is 29.3 Å².